The highest BCUT2D eigenvalue weighted by molar-refractivity contribution is 5.72. The van der Waals surface area contributed by atoms with Gasteiger partial charge >= 0.3 is 5.69 Å². The maximum atomic E-state index is 12.4. The SMILES string of the molecule is CC1C=C(CCCCn2c(=O)c3ncccc3n(C)c2=O)ON1. The summed E-state index contributed by atoms with van der Waals surface area (Å²) >= 11 is 0. The summed E-state index contributed by atoms with van der Waals surface area (Å²) in [4.78, 5) is 34.2. The van der Waals surface area contributed by atoms with Gasteiger partial charge in [-0.05, 0) is 38.0 Å². The standard InChI is InChI=1S/C16H20N4O3/c1-11-10-12(23-18-11)6-3-4-9-20-15(21)14-13(7-5-8-17-14)19(2)16(20)22/h5,7-8,10-11,18H,3-4,6,9H2,1-2H3. The largest absolute Gasteiger partial charge is 0.413 e. The van der Waals surface area contributed by atoms with E-state index in [1.165, 1.54) is 9.13 Å². The van der Waals surface area contributed by atoms with E-state index in [4.69, 9.17) is 4.84 Å². The maximum Gasteiger partial charge on any atom is 0.331 e. The lowest BCUT2D eigenvalue weighted by molar-refractivity contribution is 0.113. The number of allylic oxidation sites excluding steroid dienone is 1. The lowest BCUT2D eigenvalue weighted by Crippen LogP contribution is -2.39. The molecule has 1 unspecified atom stereocenters. The fraction of sp³-hybridized carbons (Fsp3) is 0.438. The van der Waals surface area contributed by atoms with Crippen molar-refractivity contribution >= 4 is 11.0 Å². The monoisotopic (exact) mass is 316 g/mol. The van der Waals surface area contributed by atoms with Gasteiger partial charge in [0.1, 0.15) is 5.76 Å². The molecule has 1 aliphatic heterocycles. The van der Waals surface area contributed by atoms with E-state index in [1.54, 1.807) is 25.4 Å². The van der Waals surface area contributed by atoms with Gasteiger partial charge in [0.25, 0.3) is 5.56 Å². The number of nitrogens with one attached hydrogen (secondary N) is 1. The van der Waals surface area contributed by atoms with Crippen molar-refractivity contribution in [2.75, 3.05) is 0 Å². The predicted octanol–water partition coefficient (Wildman–Crippen LogP) is 1.07. The second kappa shape index (κ2) is 6.37. The summed E-state index contributed by atoms with van der Waals surface area (Å²) in [5.74, 6) is 0.915. The number of rotatable bonds is 5. The van der Waals surface area contributed by atoms with Crippen LogP contribution in [-0.4, -0.2) is 20.2 Å². The Morgan fingerprint density at radius 2 is 2.17 bits per heavy atom. The zero-order chi connectivity index (χ0) is 16.4. The summed E-state index contributed by atoms with van der Waals surface area (Å²) in [6.07, 6.45) is 5.96. The number of hydroxylamine groups is 1. The number of hydrogen-bond donors (Lipinski definition) is 1. The molecule has 1 atom stereocenters. The van der Waals surface area contributed by atoms with Gasteiger partial charge in [0.15, 0.2) is 5.52 Å². The first kappa shape index (κ1) is 15.5. The molecule has 1 N–H and O–H groups in total. The molecule has 2 aromatic heterocycles. The summed E-state index contributed by atoms with van der Waals surface area (Å²) < 4.78 is 2.73. The van der Waals surface area contributed by atoms with Crippen molar-refractivity contribution in [2.45, 2.75) is 38.8 Å². The topological polar surface area (TPSA) is 78.2 Å². The Hall–Kier alpha value is -2.41. The molecule has 3 rings (SSSR count). The first-order valence-electron chi connectivity index (χ1n) is 7.75. The van der Waals surface area contributed by atoms with E-state index in [0.29, 0.717) is 17.6 Å². The average Bonchev–Trinajstić information content (AvgIpc) is 2.97. The van der Waals surface area contributed by atoms with Crippen molar-refractivity contribution in [3.63, 3.8) is 0 Å². The van der Waals surface area contributed by atoms with Crippen molar-refractivity contribution in [2.24, 2.45) is 7.05 Å². The van der Waals surface area contributed by atoms with Gasteiger partial charge in [0.2, 0.25) is 0 Å². The molecule has 0 spiro atoms. The summed E-state index contributed by atoms with van der Waals surface area (Å²) in [5, 5.41) is 0. The Labute approximate surface area is 133 Å². The molecule has 0 aliphatic carbocycles. The summed E-state index contributed by atoms with van der Waals surface area (Å²) in [5.41, 5.74) is 3.12. The van der Waals surface area contributed by atoms with E-state index in [1.807, 2.05) is 13.0 Å². The van der Waals surface area contributed by atoms with Gasteiger partial charge in [0, 0.05) is 26.2 Å². The Balaban J connectivity index is 1.74. The van der Waals surface area contributed by atoms with Crippen LogP contribution in [0.2, 0.25) is 0 Å². The van der Waals surface area contributed by atoms with E-state index in [-0.39, 0.29) is 17.3 Å². The number of nitrogens with zero attached hydrogens (tertiary/aromatic N) is 3. The molecular weight excluding hydrogens is 296 g/mol. The Kier molecular flexibility index (Phi) is 4.29. The molecule has 7 nitrogen and oxygen atoms in total. The maximum absolute atomic E-state index is 12.4. The van der Waals surface area contributed by atoms with Crippen molar-refractivity contribution in [1.82, 2.24) is 19.6 Å². The Bertz CT molecular complexity index is 866. The van der Waals surface area contributed by atoms with Gasteiger partial charge in [-0.1, -0.05) is 0 Å². The lowest BCUT2D eigenvalue weighted by atomic mass is 10.2. The second-order valence-corrected chi connectivity index (χ2v) is 5.77. The zero-order valence-electron chi connectivity index (χ0n) is 13.3. The lowest BCUT2D eigenvalue weighted by Gasteiger charge is -2.10. The van der Waals surface area contributed by atoms with Crippen LogP contribution in [0.1, 0.15) is 26.2 Å². The van der Waals surface area contributed by atoms with E-state index in [0.717, 1.165) is 25.0 Å². The van der Waals surface area contributed by atoms with Gasteiger partial charge in [0.05, 0.1) is 11.6 Å². The normalized spacial score (nSPS) is 17.3. The van der Waals surface area contributed by atoms with Crippen LogP contribution in [0.25, 0.3) is 11.0 Å². The van der Waals surface area contributed by atoms with Crippen LogP contribution in [0, 0.1) is 0 Å². The average molecular weight is 316 g/mol. The van der Waals surface area contributed by atoms with E-state index in [2.05, 4.69) is 10.5 Å². The highest BCUT2D eigenvalue weighted by Gasteiger charge is 2.13. The van der Waals surface area contributed by atoms with Crippen molar-refractivity contribution in [3.05, 3.63) is 51.0 Å². The van der Waals surface area contributed by atoms with Crippen molar-refractivity contribution in [1.29, 1.82) is 0 Å². The van der Waals surface area contributed by atoms with Crippen molar-refractivity contribution < 1.29 is 4.84 Å². The smallest absolute Gasteiger partial charge is 0.331 e. The van der Waals surface area contributed by atoms with Gasteiger partial charge in [-0.25, -0.2) is 9.78 Å². The van der Waals surface area contributed by atoms with Gasteiger partial charge in [-0.2, -0.15) is 5.48 Å². The third-order valence-electron chi connectivity index (χ3n) is 3.98. The molecule has 23 heavy (non-hydrogen) atoms. The van der Waals surface area contributed by atoms with Crippen LogP contribution in [-0.2, 0) is 18.4 Å². The number of aromatic nitrogens is 3. The van der Waals surface area contributed by atoms with Gasteiger partial charge in [-0.15, -0.1) is 0 Å². The fourth-order valence-corrected chi connectivity index (χ4v) is 2.75. The van der Waals surface area contributed by atoms with Crippen LogP contribution >= 0.6 is 0 Å². The number of pyridine rings is 1. The first-order chi connectivity index (χ1) is 11.1. The first-order valence-corrected chi connectivity index (χ1v) is 7.75. The highest BCUT2D eigenvalue weighted by atomic mass is 16.7. The number of unbranched alkanes of at least 4 members (excludes halogenated alkanes) is 1. The molecule has 3 heterocycles. The minimum Gasteiger partial charge on any atom is -0.413 e. The predicted molar refractivity (Wildman–Crippen MR) is 86.9 cm³/mol. The Morgan fingerprint density at radius 1 is 1.35 bits per heavy atom. The molecule has 0 saturated heterocycles. The van der Waals surface area contributed by atoms with E-state index < -0.39 is 0 Å². The molecule has 122 valence electrons. The Morgan fingerprint density at radius 3 is 2.91 bits per heavy atom. The van der Waals surface area contributed by atoms with Gasteiger partial charge in [-0.3, -0.25) is 13.9 Å². The quantitative estimate of drug-likeness (QED) is 0.835. The van der Waals surface area contributed by atoms with Gasteiger partial charge < -0.3 is 4.84 Å². The third kappa shape index (κ3) is 3.05. The minimum atomic E-state index is -0.324. The molecule has 0 fully saturated rings. The number of fused-ring (bicyclic) bond motifs is 1. The highest BCUT2D eigenvalue weighted by Crippen LogP contribution is 2.14. The van der Waals surface area contributed by atoms with Crippen LogP contribution < -0.4 is 16.7 Å². The molecule has 0 amide bonds. The molecule has 0 aromatic carbocycles. The number of hydrogen-bond acceptors (Lipinski definition) is 5. The summed E-state index contributed by atoms with van der Waals surface area (Å²) in [7, 11) is 1.66. The van der Waals surface area contributed by atoms with Crippen LogP contribution in [0.15, 0.2) is 39.8 Å². The molecule has 7 heteroatoms. The molecule has 0 radical (unpaired) electrons. The number of aryl methyl sites for hydroxylation is 1. The van der Waals surface area contributed by atoms with Crippen LogP contribution in [0.4, 0.5) is 0 Å². The van der Waals surface area contributed by atoms with E-state index >= 15 is 0 Å². The van der Waals surface area contributed by atoms with Crippen LogP contribution in [0.3, 0.4) is 0 Å². The zero-order valence-corrected chi connectivity index (χ0v) is 13.3. The second-order valence-electron chi connectivity index (χ2n) is 5.77. The molecule has 1 aliphatic rings. The summed E-state index contributed by atoms with van der Waals surface area (Å²) in [6, 6.07) is 3.68. The molecule has 0 saturated carbocycles. The third-order valence-corrected chi connectivity index (χ3v) is 3.98. The van der Waals surface area contributed by atoms with Crippen molar-refractivity contribution in [3.8, 4) is 0 Å². The summed E-state index contributed by atoms with van der Waals surface area (Å²) in [6.45, 7) is 2.40. The van der Waals surface area contributed by atoms with Crippen LogP contribution in [0.5, 0.6) is 0 Å². The molecule has 0 bridgehead atoms. The minimum absolute atomic E-state index is 0.228. The fourth-order valence-electron chi connectivity index (χ4n) is 2.75. The van der Waals surface area contributed by atoms with E-state index in [9.17, 15) is 9.59 Å². The molecule has 2 aromatic rings. The molecular formula is C16H20N4O3.